The van der Waals surface area contributed by atoms with E-state index in [1.165, 1.54) is 0 Å². The van der Waals surface area contributed by atoms with Crippen molar-refractivity contribution < 1.29 is 10.2 Å². The van der Waals surface area contributed by atoms with Crippen LogP contribution < -0.4 is 16.6 Å². The molecule has 0 saturated carbocycles. The number of nitrogen functional groups attached to an aromatic ring is 1. The van der Waals surface area contributed by atoms with Crippen LogP contribution in [0.1, 0.15) is 38.1 Å². The quantitative estimate of drug-likeness (QED) is 0.374. The third-order valence-corrected chi connectivity index (χ3v) is 2.93. The zero-order valence-corrected chi connectivity index (χ0v) is 11.9. The second kappa shape index (κ2) is 6.14. The maximum Gasteiger partial charge on any atom is 0.148 e. The molecule has 6 N–H and O–H groups in total. The van der Waals surface area contributed by atoms with Crippen molar-refractivity contribution in [3.8, 4) is 0 Å². The van der Waals surface area contributed by atoms with Crippen molar-refractivity contribution >= 4 is 11.6 Å². The SMILES string of the molecule is Cc1c(NN)nc(C(C)C)nc1NC(C)(CO)CO. The molecular weight excluding hydrogens is 246 g/mol. The summed E-state index contributed by atoms with van der Waals surface area (Å²) in [5, 5.41) is 21.7. The monoisotopic (exact) mass is 269 g/mol. The normalized spacial score (nSPS) is 11.8. The van der Waals surface area contributed by atoms with Crippen LogP contribution in [0.4, 0.5) is 11.6 Å². The second-order valence-corrected chi connectivity index (χ2v) is 5.20. The molecule has 1 aromatic rings. The van der Waals surface area contributed by atoms with E-state index in [-0.39, 0.29) is 19.1 Å². The molecule has 0 radical (unpaired) electrons. The highest BCUT2D eigenvalue weighted by Crippen LogP contribution is 2.24. The first kappa shape index (κ1) is 15.6. The Labute approximate surface area is 113 Å². The van der Waals surface area contributed by atoms with Gasteiger partial charge in [-0.05, 0) is 13.8 Å². The van der Waals surface area contributed by atoms with Crippen LogP contribution in [0.5, 0.6) is 0 Å². The number of hydrogen-bond donors (Lipinski definition) is 5. The van der Waals surface area contributed by atoms with Gasteiger partial charge in [0.2, 0.25) is 0 Å². The van der Waals surface area contributed by atoms with Crippen LogP contribution in [-0.4, -0.2) is 38.9 Å². The molecule has 19 heavy (non-hydrogen) atoms. The number of nitrogens with zero attached hydrogens (tertiary/aromatic N) is 2. The van der Waals surface area contributed by atoms with E-state index in [0.29, 0.717) is 17.5 Å². The molecule has 0 amide bonds. The molecule has 7 heteroatoms. The smallest absolute Gasteiger partial charge is 0.148 e. The van der Waals surface area contributed by atoms with Crippen LogP contribution in [0.25, 0.3) is 0 Å². The molecule has 108 valence electrons. The Morgan fingerprint density at radius 2 is 1.74 bits per heavy atom. The van der Waals surface area contributed by atoms with E-state index < -0.39 is 5.54 Å². The van der Waals surface area contributed by atoms with E-state index in [9.17, 15) is 10.2 Å². The van der Waals surface area contributed by atoms with Crippen molar-refractivity contribution in [3.63, 3.8) is 0 Å². The highest BCUT2D eigenvalue weighted by molar-refractivity contribution is 5.58. The Kier molecular flexibility index (Phi) is 5.04. The Hall–Kier alpha value is -1.44. The first-order valence-electron chi connectivity index (χ1n) is 6.22. The first-order valence-corrected chi connectivity index (χ1v) is 6.22. The first-order chi connectivity index (χ1) is 8.86. The van der Waals surface area contributed by atoms with Crippen molar-refractivity contribution in [2.45, 2.75) is 39.2 Å². The molecule has 1 heterocycles. The molecule has 0 aliphatic rings. The van der Waals surface area contributed by atoms with E-state index >= 15 is 0 Å². The van der Waals surface area contributed by atoms with Crippen LogP contribution in [-0.2, 0) is 0 Å². The van der Waals surface area contributed by atoms with E-state index in [2.05, 4.69) is 20.7 Å². The van der Waals surface area contributed by atoms with E-state index in [0.717, 1.165) is 5.56 Å². The fourth-order valence-electron chi connectivity index (χ4n) is 1.47. The summed E-state index contributed by atoms with van der Waals surface area (Å²) >= 11 is 0. The maximum atomic E-state index is 9.34. The van der Waals surface area contributed by atoms with Gasteiger partial charge in [-0.25, -0.2) is 15.8 Å². The number of nitrogens with one attached hydrogen (secondary N) is 2. The minimum absolute atomic E-state index is 0.141. The molecule has 1 rings (SSSR count). The second-order valence-electron chi connectivity index (χ2n) is 5.20. The minimum atomic E-state index is -0.848. The third-order valence-electron chi connectivity index (χ3n) is 2.93. The fourth-order valence-corrected chi connectivity index (χ4v) is 1.47. The predicted molar refractivity (Wildman–Crippen MR) is 74.9 cm³/mol. The van der Waals surface area contributed by atoms with E-state index in [1.807, 2.05) is 20.8 Å². The zero-order chi connectivity index (χ0) is 14.6. The Bertz CT molecular complexity index is 432. The van der Waals surface area contributed by atoms with Crippen LogP contribution in [0.3, 0.4) is 0 Å². The minimum Gasteiger partial charge on any atom is -0.394 e. The van der Waals surface area contributed by atoms with Crippen LogP contribution in [0, 0.1) is 6.92 Å². The average Bonchev–Trinajstić information content (AvgIpc) is 2.40. The highest BCUT2D eigenvalue weighted by atomic mass is 16.3. The summed E-state index contributed by atoms with van der Waals surface area (Å²) in [5.41, 5.74) is 2.42. The van der Waals surface area contributed by atoms with Gasteiger partial charge in [0.15, 0.2) is 0 Å². The van der Waals surface area contributed by atoms with Crippen LogP contribution in [0.15, 0.2) is 0 Å². The molecule has 0 fully saturated rings. The lowest BCUT2D eigenvalue weighted by Crippen LogP contribution is -2.43. The van der Waals surface area contributed by atoms with Crippen LogP contribution in [0.2, 0.25) is 0 Å². The largest absolute Gasteiger partial charge is 0.394 e. The molecule has 0 aliphatic carbocycles. The summed E-state index contributed by atoms with van der Waals surface area (Å²) in [7, 11) is 0. The fraction of sp³-hybridized carbons (Fsp3) is 0.667. The molecule has 0 saturated heterocycles. The standard InChI is InChI=1S/C12H23N5O2/c1-7(2)9-14-10(8(3)11(15-9)17-13)16-12(4,5-18)6-19/h7,18-19H,5-6,13H2,1-4H3,(H2,14,15,16,17). The molecule has 0 aliphatic heterocycles. The molecule has 1 aromatic heterocycles. The Morgan fingerprint density at radius 1 is 1.21 bits per heavy atom. The topological polar surface area (TPSA) is 116 Å². The molecule has 0 atom stereocenters. The van der Waals surface area contributed by atoms with Crippen molar-refractivity contribution in [2.24, 2.45) is 5.84 Å². The lowest BCUT2D eigenvalue weighted by Gasteiger charge is -2.28. The summed E-state index contributed by atoms with van der Waals surface area (Å²) in [6.45, 7) is 7.05. The maximum absolute atomic E-state index is 9.34. The number of aliphatic hydroxyl groups is 2. The average molecular weight is 269 g/mol. The summed E-state index contributed by atoms with van der Waals surface area (Å²) < 4.78 is 0. The number of hydrogen-bond acceptors (Lipinski definition) is 7. The number of aliphatic hydroxyl groups excluding tert-OH is 2. The van der Waals surface area contributed by atoms with Gasteiger partial charge in [0.25, 0.3) is 0 Å². The zero-order valence-electron chi connectivity index (χ0n) is 11.9. The van der Waals surface area contributed by atoms with Crippen molar-refractivity contribution in [1.29, 1.82) is 0 Å². The summed E-state index contributed by atoms with van der Waals surface area (Å²) in [5.74, 6) is 7.31. The number of rotatable bonds is 6. The van der Waals surface area contributed by atoms with Gasteiger partial charge in [-0.2, -0.15) is 0 Å². The molecular formula is C12H23N5O2. The van der Waals surface area contributed by atoms with Crippen molar-refractivity contribution in [3.05, 3.63) is 11.4 Å². The van der Waals surface area contributed by atoms with Gasteiger partial charge in [0, 0.05) is 11.5 Å². The van der Waals surface area contributed by atoms with Crippen LogP contribution >= 0.6 is 0 Å². The molecule has 0 unspecified atom stereocenters. The summed E-state index contributed by atoms with van der Waals surface area (Å²) in [4.78, 5) is 8.74. The van der Waals surface area contributed by atoms with Crippen molar-refractivity contribution in [1.82, 2.24) is 9.97 Å². The summed E-state index contributed by atoms with van der Waals surface area (Å²) in [6.07, 6.45) is 0. The van der Waals surface area contributed by atoms with E-state index in [1.54, 1.807) is 6.92 Å². The van der Waals surface area contributed by atoms with Gasteiger partial charge in [0.1, 0.15) is 17.5 Å². The van der Waals surface area contributed by atoms with Crippen molar-refractivity contribution in [2.75, 3.05) is 24.0 Å². The third kappa shape index (κ3) is 3.52. The number of aromatic nitrogens is 2. The molecule has 0 spiro atoms. The molecule has 0 aromatic carbocycles. The lowest BCUT2D eigenvalue weighted by atomic mass is 10.1. The number of anilines is 2. The number of hydrazine groups is 1. The van der Waals surface area contributed by atoms with Gasteiger partial charge >= 0.3 is 0 Å². The molecule has 0 bridgehead atoms. The predicted octanol–water partition coefficient (Wildman–Crippen LogP) is 0.349. The van der Waals surface area contributed by atoms with Gasteiger partial charge < -0.3 is 21.0 Å². The number of nitrogens with two attached hydrogens (primary N) is 1. The lowest BCUT2D eigenvalue weighted by molar-refractivity contribution is 0.147. The Balaban J connectivity index is 3.22. The highest BCUT2D eigenvalue weighted by Gasteiger charge is 2.24. The van der Waals surface area contributed by atoms with Gasteiger partial charge in [-0.1, -0.05) is 13.8 Å². The Morgan fingerprint density at radius 3 is 2.16 bits per heavy atom. The van der Waals surface area contributed by atoms with E-state index in [4.69, 9.17) is 5.84 Å². The van der Waals surface area contributed by atoms with Gasteiger partial charge in [0.05, 0.1) is 18.8 Å². The summed E-state index contributed by atoms with van der Waals surface area (Å²) in [6, 6.07) is 0. The van der Waals surface area contributed by atoms with Gasteiger partial charge in [-0.3, -0.25) is 0 Å². The molecule has 7 nitrogen and oxygen atoms in total. The van der Waals surface area contributed by atoms with Gasteiger partial charge in [-0.15, -0.1) is 0 Å².